The fourth-order valence-electron chi connectivity index (χ4n) is 1.99. The second-order valence-electron chi connectivity index (χ2n) is 4.58. The van der Waals surface area contributed by atoms with Crippen molar-refractivity contribution in [1.29, 1.82) is 0 Å². The fraction of sp³-hybridized carbons (Fsp3) is 0.133. The number of nitrogens with zero attached hydrogens (tertiary/aromatic N) is 1. The molecule has 108 valence electrons. The Labute approximate surface area is 121 Å². The molecule has 0 aromatic heterocycles. The molecule has 0 bridgehead atoms. The standard InChI is InChI=1S/C15H14N2O4/c1-10-3-2-4-13(17(20)21)14(10)16-9-11-5-7-12(8-6-11)15(18)19/h2-8,16H,9H2,1H3,(H,18,19). The molecule has 0 spiro atoms. The normalized spacial score (nSPS) is 10.1. The first kappa shape index (κ1) is 14.5. The number of nitrogens with one attached hydrogen (secondary N) is 1. The summed E-state index contributed by atoms with van der Waals surface area (Å²) in [5.41, 5.74) is 2.34. The molecule has 6 nitrogen and oxygen atoms in total. The van der Waals surface area contributed by atoms with Gasteiger partial charge in [0, 0.05) is 12.6 Å². The van der Waals surface area contributed by atoms with Gasteiger partial charge in [-0.3, -0.25) is 10.1 Å². The smallest absolute Gasteiger partial charge is 0.335 e. The minimum absolute atomic E-state index is 0.0251. The van der Waals surface area contributed by atoms with E-state index >= 15 is 0 Å². The van der Waals surface area contributed by atoms with Crippen molar-refractivity contribution in [3.8, 4) is 0 Å². The van der Waals surface area contributed by atoms with Crippen LogP contribution in [0.4, 0.5) is 11.4 Å². The van der Waals surface area contributed by atoms with E-state index in [0.29, 0.717) is 12.2 Å². The topological polar surface area (TPSA) is 92.5 Å². The van der Waals surface area contributed by atoms with E-state index in [4.69, 9.17) is 5.11 Å². The molecule has 2 rings (SSSR count). The third-order valence-corrected chi connectivity index (χ3v) is 3.12. The lowest BCUT2D eigenvalue weighted by molar-refractivity contribution is -0.384. The number of aromatic carboxylic acids is 1. The van der Waals surface area contributed by atoms with Crippen LogP contribution in [-0.2, 0) is 6.54 Å². The predicted molar refractivity (Wildman–Crippen MR) is 78.6 cm³/mol. The summed E-state index contributed by atoms with van der Waals surface area (Å²) in [5, 5.41) is 22.9. The highest BCUT2D eigenvalue weighted by atomic mass is 16.6. The monoisotopic (exact) mass is 286 g/mol. The van der Waals surface area contributed by atoms with Crippen molar-refractivity contribution in [3.63, 3.8) is 0 Å². The largest absolute Gasteiger partial charge is 0.478 e. The summed E-state index contributed by atoms with van der Waals surface area (Å²) in [7, 11) is 0. The van der Waals surface area contributed by atoms with Crippen LogP contribution in [-0.4, -0.2) is 16.0 Å². The molecule has 0 amide bonds. The third kappa shape index (κ3) is 3.36. The number of benzene rings is 2. The van der Waals surface area contributed by atoms with Crippen LogP contribution in [0.3, 0.4) is 0 Å². The molecule has 0 atom stereocenters. The third-order valence-electron chi connectivity index (χ3n) is 3.12. The first-order chi connectivity index (χ1) is 9.99. The Bertz CT molecular complexity index is 681. The molecule has 0 aliphatic heterocycles. The summed E-state index contributed by atoms with van der Waals surface area (Å²) in [6.45, 7) is 2.18. The highest BCUT2D eigenvalue weighted by Gasteiger charge is 2.14. The molecule has 2 aromatic carbocycles. The molecule has 0 fully saturated rings. The van der Waals surface area contributed by atoms with E-state index in [0.717, 1.165) is 11.1 Å². The Balaban J connectivity index is 2.16. The molecule has 2 aromatic rings. The highest BCUT2D eigenvalue weighted by Crippen LogP contribution is 2.28. The maximum absolute atomic E-state index is 11.0. The second-order valence-corrected chi connectivity index (χ2v) is 4.58. The number of carboxylic acids is 1. The minimum Gasteiger partial charge on any atom is -0.478 e. The van der Waals surface area contributed by atoms with Crippen molar-refractivity contribution in [1.82, 2.24) is 0 Å². The van der Waals surface area contributed by atoms with Gasteiger partial charge in [-0.05, 0) is 30.2 Å². The molecule has 6 heteroatoms. The van der Waals surface area contributed by atoms with Gasteiger partial charge >= 0.3 is 5.97 Å². The lowest BCUT2D eigenvalue weighted by Gasteiger charge is -2.10. The zero-order valence-corrected chi connectivity index (χ0v) is 11.4. The van der Waals surface area contributed by atoms with Gasteiger partial charge in [0.15, 0.2) is 0 Å². The fourth-order valence-corrected chi connectivity index (χ4v) is 1.99. The van der Waals surface area contributed by atoms with Crippen molar-refractivity contribution >= 4 is 17.3 Å². The van der Waals surface area contributed by atoms with E-state index in [1.165, 1.54) is 18.2 Å². The van der Waals surface area contributed by atoms with E-state index in [2.05, 4.69) is 5.32 Å². The molecule has 0 radical (unpaired) electrons. The number of nitro groups is 1. The zero-order valence-electron chi connectivity index (χ0n) is 11.4. The van der Waals surface area contributed by atoms with Crippen LogP contribution >= 0.6 is 0 Å². The predicted octanol–water partition coefficient (Wildman–Crippen LogP) is 3.21. The Kier molecular flexibility index (Phi) is 4.18. The summed E-state index contributed by atoms with van der Waals surface area (Å²) < 4.78 is 0. The summed E-state index contributed by atoms with van der Waals surface area (Å²) >= 11 is 0. The van der Waals surface area contributed by atoms with Crippen molar-refractivity contribution in [2.75, 3.05) is 5.32 Å². The molecule has 0 saturated heterocycles. The van der Waals surface area contributed by atoms with Crippen molar-refractivity contribution in [3.05, 3.63) is 69.3 Å². The number of anilines is 1. The number of carboxylic acid groups (broad SMARTS) is 1. The van der Waals surface area contributed by atoms with Crippen LogP contribution in [0.2, 0.25) is 0 Å². The Morgan fingerprint density at radius 1 is 1.24 bits per heavy atom. The summed E-state index contributed by atoms with van der Waals surface area (Å²) in [4.78, 5) is 21.3. The molecule has 0 aliphatic rings. The van der Waals surface area contributed by atoms with Gasteiger partial charge in [0.1, 0.15) is 5.69 Å². The number of carbonyl (C=O) groups is 1. The molecular weight excluding hydrogens is 272 g/mol. The van der Waals surface area contributed by atoms with Crippen molar-refractivity contribution < 1.29 is 14.8 Å². The first-order valence-electron chi connectivity index (χ1n) is 6.29. The highest BCUT2D eigenvalue weighted by molar-refractivity contribution is 5.87. The van der Waals surface area contributed by atoms with Gasteiger partial charge in [-0.2, -0.15) is 0 Å². The maximum Gasteiger partial charge on any atom is 0.335 e. The average molecular weight is 286 g/mol. The zero-order chi connectivity index (χ0) is 15.4. The van der Waals surface area contributed by atoms with Crippen LogP contribution < -0.4 is 5.32 Å². The number of hydrogen-bond donors (Lipinski definition) is 2. The van der Waals surface area contributed by atoms with Gasteiger partial charge in [-0.15, -0.1) is 0 Å². The van der Waals surface area contributed by atoms with Gasteiger partial charge in [-0.1, -0.05) is 24.3 Å². The number of nitro benzene ring substituents is 1. The van der Waals surface area contributed by atoms with Crippen LogP contribution in [0.25, 0.3) is 0 Å². The number of para-hydroxylation sites is 1. The second kappa shape index (κ2) is 6.04. The summed E-state index contributed by atoms with van der Waals surface area (Å²) in [6, 6.07) is 11.3. The molecule has 0 saturated carbocycles. The van der Waals surface area contributed by atoms with Crippen LogP contribution in [0.15, 0.2) is 42.5 Å². The van der Waals surface area contributed by atoms with Gasteiger partial charge in [0.05, 0.1) is 10.5 Å². The summed E-state index contributed by atoms with van der Waals surface area (Å²) in [5.74, 6) is -0.982. The van der Waals surface area contributed by atoms with E-state index in [1.807, 2.05) is 0 Å². The van der Waals surface area contributed by atoms with E-state index < -0.39 is 10.9 Å². The molecule has 0 aliphatic carbocycles. The van der Waals surface area contributed by atoms with Gasteiger partial charge in [-0.25, -0.2) is 4.79 Å². The lowest BCUT2D eigenvalue weighted by Crippen LogP contribution is -2.05. The van der Waals surface area contributed by atoms with Crippen molar-refractivity contribution in [2.24, 2.45) is 0 Å². The Hall–Kier alpha value is -2.89. The van der Waals surface area contributed by atoms with E-state index in [9.17, 15) is 14.9 Å². The quantitative estimate of drug-likeness (QED) is 0.650. The molecule has 0 heterocycles. The Morgan fingerprint density at radius 3 is 2.48 bits per heavy atom. The molecule has 0 unspecified atom stereocenters. The van der Waals surface area contributed by atoms with Crippen LogP contribution in [0, 0.1) is 17.0 Å². The van der Waals surface area contributed by atoms with Gasteiger partial charge < -0.3 is 10.4 Å². The number of rotatable bonds is 5. The van der Waals surface area contributed by atoms with Gasteiger partial charge in [0.2, 0.25) is 0 Å². The number of aryl methyl sites for hydroxylation is 1. The Morgan fingerprint density at radius 2 is 1.90 bits per heavy atom. The van der Waals surface area contributed by atoms with Crippen LogP contribution in [0.1, 0.15) is 21.5 Å². The molecular formula is C15H14N2O4. The van der Waals surface area contributed by atoms with Crippen LogP contribution in [0.5, 0.6) is 0 Å². The van der Waals surface area contributed by atoms with Gasteiger partial charge in [0.25, 0.3) is 5.69 Å². The minimum atomic E-state index is -0.982. The molecule has 2 N–H and O–H groups in total. The SMILES string of the molecule is Cc1cccc([N+](=O)[O-])c1NCc1ccc(C(=O)O)cc1. The molecule has 21 heavy (non-hydrogen) atoms. The van der Waals surface area contributed by atoms with Crippen molar-refractivity contribution in [2.45, 2.75) is 13.5 Å². The maximum atomic E-state index is 11.0. The average Bonchev–Trinajstić information content (AvgIpc) is 2.46. The van der Waals surface area contributed by atoms with E-state index in [-0.39, 0.29) is 11.3 Å². The van der Waals surface area contributed by atoms with E-state index in [1.54, 1.807) is 31.2 Å². The lowest BCUT2D eigenvalue weighted by atomic mass is 10.1. The summed E-state index contributed by atoms with van der Waals surface area (Å²) in [6.07, 6.45) is 0. The first-order valence-corrected chi connectivity index (χ1v) is 6.29. The number of hydrogen-bond acceptors (Lipinski definition) is 4.